The highest BCUT2D eigenvalue weighted by Gasteiger charge is 2.43. The van der Waals surface area contributed by atoms with Crippen LogP contribution in [0.1, 0.15) is 10.4 Å². The second-order valence-electron chi connectivity index (χ2n) is 4.92. The third kappa shape index (κ3) is 2.44. The first kappa shape index (κ1) is 13.5. The molecule has 0 atom stereocenters. The van der Waals surface area contributed by atoms with Crippen LogP contribution in [-0.4, -0.2) is 22.2 Å². The van der Waals surface area contributed by atoms with E-state index in [0.29, 0.717) is 11.3 Å². The van der Waals surface area contributed by atoms with Crippen LogP contribution < -0.4 is 14.8 Å². The van der Waals surface area contributed by atoms with Crippen molar-refractivity contribution in [1.29, 1.82) is 0 Å². The second kappa shape index (κ2) is 4.67. The van der Waals surface area contributed by atoms with Crippen molar-refractivity contribution in [3.05, 3.63) is 48.3 Å². The molecular weight excluding hydrogens is 308 g/mol. The number of rotatable bonds is 2. The topological polar surface area (TPSA) is 76.2 Å². The molecule has 0 saturated carbocycles. The fourth-order valence-corrected chi connectivity index (χ4v) is 2.31. The summed E-state index contributed by atoms with van der Waals surface area (Å²) in [6.07, 6.45) is -2.15. The van der Waals surface area contributed by atoms with Crippen LogP contribution in [0.15, 0.2) is 42.7 Å². The zero-order valence-electron chi connectivity index (χ0n) is 11.5. The lowest BCUT2D eigenvalue weighted by Gasteiger charge is -2.06. The van der Waals surface area contributed by atoms with Gasteiger partial charge in [-0.25, -0.2) is 4.98 Å². The third-order valence-corrected chi connectivity index (χ3v) is 3.34. The van der Waals surface area contributed by atoms with Crippen LogP contribution in [-0.2, 0) is 0 Å². The molecule has 1 aliphatic heterocycles. The predicted molar refractivity (Wildman–Crippen MR) is 76.7 cm³/mol. The molecule has 0 radical (unpaired) electrons. The summed E-state index contributed by atoms with van der Waals surface area (Å²) in [5, 5.41) is 2.62. The number of nitrogens with zero attached hydrogens (tertiary/aromatic N) is 1. The van der Waals surface area contributed by atoms with Gasteiger partial charge in [0.25, 0.3) is 5.91 Å². The lowest BCUT2D eigenvalue weighted by molar-refractivity contribution is -0.286. The largest absolute Gasteiger partial charge is 0.586 e. The Hall–Kier alpha value is -3.16. The summed E-state index contributed by atoms with van der Waals surface area (Å²) >= 11 is 0. The molecule has 0 fully saturated rings. The number of aromatic amines is 1. The zero-order chi connectivity index (χ0) is 16.0. The fraction of sp³-hybridized carbons (Fsp3) is 0.0667. The number of fused-ring (bicyclic) bond motifs is 2. The molecule has 1 amide bonds. The van der Waals surface area contributed by atoms with Crippen LogP contribution in [0.2, 0.25) is 0 Å². The standard InChI is InChI=1S/C15H9F2N3O3/c16-15(17)22-12-4-2-9(6-13(12)23-15)20-14(21)8-1-3-10-11(5-8)19-7-18-10/h1-7H,(H,18,19)(H,20,21). The van der Waals surface area contributed by atoms with Crippen molar-refractivity contribution in [2.75, 3.05) is 5.32 Å². The van der Waals surface area contributed by atoms with Gasteiger partial charge in [0.2, 0.25) is 0 Å². The smallest absolute Gasteiger partial charge is 0.395 e. The van der Waals surface area contributed by atoms with Crippen molar-refractivity contribution in [2.24, 2.45) is 0 Å². The van der Waals surface area contributed by atoms with E-state index >= 15 is 0 Å². The minimum absolute atomic E-state index is 0.0770. The van der Waals surface area contributed by atoms with E-state index in [1.54, 1.807) is 18.2 Å². The number of halogens is 2. The number of carbonyl (C=O) groups excluding carboxylic acids is 1. The monoisotopic (exact) mass is 317 g/mol. The van der Waals surface area contributed by atoms with Gasteiger partial charge in [0.05, 0.1) is 17.4 Å². The quantitative estimate of drug-likeness (QED) is 0.761. The lowest BCUT2D eigenvalue weighted by atomic mass is 10.2. The molecule has 0 bridgehead atoms. The van der Waals surface area contributed by atoms with Gasteiger partial charge in [-0.1, -0.05) is 0 Å². The molecule has 1 aliphatic rings. The summed E-state index contributed by atoms with van der Waals surface area (Å²) in [5.74, 6) is -0.587. The van der Waals surface area contributed by atoms with Gasteiger partial charge < -0.3 is 19.8 Å². The van der Waals surface area contributed by atoms with Gasteiger partial charge in [-0.15, -0.1) is 8.78 Å². The zero-order valence-corrected chi connectivity index (χ0v) is 11.5. The average molecular weight is 317 g/mol. The van der Waals surface area contributed by atoms with Crippen LogP contribution in [0.25, 0.3) is 11.0 Å². The Morgan fingerprint density at radius 2 is 1.96 bits per heavy atom. The van der Waals surface area contributed by atoms with Gasteiger partial charge in [0.1, 0.15) is 0 Å². The Labute approximate surface area is 128 Å². The number of carbonyl (C=O) groups is 1. The molecule has 2 aromatic carbocycles. The van der Waals surface area contributed by atoms with Crippen LogP contribution >= 0.6 is 0 Å². The third-order valence-electron chi connectivity index (χ3n) is 3.34. The van der Waals surface area contributed by atoms with Crippen LogP contribution in [0.5, 0.6) is 11.5 Å². The highest BCUT2D eigenvalue weighted by Crippen LogP contribution is 2.42. The number of anilines is 1. The molecule has 4 rings (SSSR count). The molecule has 0 aliphatic carbocycles. The highest BCUT2D eigenvalue weighted by atomic mass is 19.3. The molecule has 6 nitrogen and oxygen atoms in total. The van der Waals surface area contributed by atoms with E-state index in [1.807, 2.05) is 0 Å². The number of imidazole rings is 1. The fourth-order valence-electron chi connectivity index (χ4n) is 2.31. The van der Waals surface area contributed by atoms with Crippen molar-refractivity contribution >= 4 is 22.6 Å². The number of hydrogen-bond donors (Lipinski definition) is 2. The number of H-pyrrole nitrogens is 1. The van der Waals surface area contributed by atoms with Crippen molar-refractivity contribution in [2.45, 2.75) is 6.29 Å². The van der Waals surface area contributed by atoms with E-state index in [4.69, 9.17) is 0 Å². The summed E-state index contributed by atoms with van der Waals surface area (Å²) in [6, 6.07) is 9.03. The van der Waals surface area contributed by atoms with Gasteiger partial charge >= 0.3 is 6.29 Å². The molecule has 0 unspecified atom stereocenters. The first-order valence-electron chi connectivity index (χ1n) is 6.65. The van der Waals surface area contributed by atoms with E-state index in [-0.39, 0.29) is 17.4 Å². The molecule has 0 spiro atoms. The Morgan fingerprint density at radius 1 is 1.13 bits per heavy atom. The molecule has 2 heterocycles. The number of hydrogen-bond acceptors (Lipinski definition) is 4. The van der Waals surface area contributed by atoms with Crippen LogP contribution in [0.4, 0.5) is 14.5 Å². The summed E-state index contributed by atoms with van der Waals surface area (Å²) in [6.45, 7) is 0. The number of amides is 1. The summed E-state index contributed by atoms with van der Waals surface area (Å²) in [7, 11) is 0. The maximum absolute atomic E-state index is 13.0. The van der Waals surface area contributed by atoms with Crippen molar-refractivity contribution in [3.63, 3.8) is 0 Å². The van der Waals surface area contributed by atoms with E-state index in [2.05, 4.69) is 24.8 Å². The normalized spacial score (nSPS) is 14.9. The number of aromatic nitrogens is 2. The van der Waals surface area contributed by atoms with Gasteiger partial charge in [0.15, 0.2) is 11.5 Å². The summed E-state index contributed by atoms with van der Waals surface area (Å²) in [4.78, 5) is 19.2. The molecule has 3 aromatic rings. The first-order chi connectivity index (χ1) is 11.0. The molecule has 2 N–H and O–H groups in total. The number of alkyl halides is 2. The number of ether oxygens (including phenoxy) is 2. The Kier molecular flexibility index (Phi) is 2.74. The molecule has 0 saturated heterocycles. The Bertz CT molecular complexity index is 923. The average Bonchev–Trinajstić information content (AvgIpc) is 3.07. The summed E-state index contributed by atoms with van der Waals surface area (Å²) < 4.78 is 34.6. The Balaban J connectivity index is 1.57. The van der Waals surface area contributed by atoms with Crippen LogP contribution in [0, 0.1) is 0 Å². The Morgan fingerprint density at radius 3 is 2.83 bits per heavy atom. The molecule has 1 aromatic heterocycles. The van der Waals surface area contributed by atoms with E-state index in [0.717, 1.165) is 11.0 Å². The maximum Gasteiger partial charge on any atom is 0.586 e. The van der Waals surface area contributed by atoms with Gasteiger partial charge in [-0.2, -0.15) is 0 Å². The molecular formula is C15H9F2N3O3. The number of benzene rings is 2. The van der Waals surface area contributed by atoms with Gasteiger partial charge in [-0.3, -0.25) is 4.79 Å². The van der Waals surface area contributed by atoms with E-state index < -0.39 is 6.29 Å². The first-order valence-corrected chi connectivity index (χ1v) is 6.65. The predicted octanol–water partition coefficient (Wildman–Crippen LogP) is 3.14. The highest BCUT2D eigenvalue weighted by molar-refractivity contribution is 6.06. The molecule has 23 heavy (non-hydrogen) atoms. The van der Waals surface area contributed by atoms with Crippen LogP contribution in [0.3, 0.4) is 0 Å². The minimum Gasteiger partial charge on any atom is -0.395 e. The van der Waals surface area contributed by atoms with Crippen molar-refractivity contribution in [1.82, 2.24) is 9.97 Å². The summed E-state index contributed by atoms with van der Waals surface area (Å²) in [5.41, 5.74) is 2.19. The molecule has 116 valence electrons. The maximum atomic E-state index is 13.0. The van der Waals surface area contributed by atoms with E-state index in [9.17, 15) is 13.6 Å². The molecule has 8 heteroatoms. The van der Waals surface area contributed by atoms with Crippen molar-refractivity contribution in [3.8, 4) is 11.5 Å². The van der Waals surface area contributed by atoms with Gasteiger partial charge in [-0.05, 0) is 30.3 Å². The second-order valence-corrected chi connectivity index (χ2v) is 4.92. The number of nitrogens with one attached hydrogen (secondary N) is 2. The van der Waals surface area contributed by atoms with Crippen molar-refractivity contribution < 1.29 is 23.0 Å². The minimum atomic E-state index is -3.68. The van der Waals surface area contributed by atoms with E-state index in [1.165, 1.54) is 24.5 Å². The van der Waals surface area contributed by atoms with Gasteiger partial charge in [0, 0.05) is 17.3 Å². The lowest BCUT2D eigenvalue weighted by Crippen LogP contribution is -2.25. The SMILES string of the molecule is O=C(Nc1ccc2c(c1)OC(F)(F)O2)c1ccc2nc[nH]c2c1.